The van der Waals surface area contributed by atoms with Crippen molar-refractivity contribution in [1.82, 2.24) is 4.90 Å². The Morgan fingerprint density at radius 2 is 2.33 bits per heavy atom. The number of carbonyl (C=O) groups excluding carboxylic acids is 1. The lowest BCUT2D eigenvalue weighted by Crippen LogP contribution is -2.68. The lowest BCUT2D eigenvalue weighted by molar-refractivity contribution is -0.147. The molecule has 8 heteroatoms. The van der Waals surface area contributed by atoms with Crippen LogP contribution in [0.2, 0.25) is 0 Å². The van der Waals surface area contributed by atoms with Crippen LogP contribution in [0.1, 0.15) is 4.88 Å². The van der Waals surface area contributed by atoms with E-state index in [0.717, 1.165) is 9.78 Å². The first-order chi connectivity index (χ1) is 9.99. The highest BCUT2D eigenvalue weighted by molar-refractivity contribution is 8.02. The molecule has 2 aliphatic heterocycles. The molecule has 0 bridgehead atoms. The molecule has 1 saturated heterocycles. The van der Waals surface area contributed by atoms with E-state index in [2.05, 4.69) is 0 Å². The number of aliphatic carboxylic acids is 1. The number of nitrogens with two attached hydrogens (primary N) is 1. The molecule has 0 aliphatic carbocycles. The molecule has 21 heavy (non-hydrogen) atoms. The SMILES string of the molecule is Cc1ccc(SCC2=C(C(=O)O)N3C(=O)[C@@H](N)[C@H]3SC2)s1. The molecule has 0 spiro atoms. The number of fused-ring (bicyclic) bond motifs is 1. The van der Waals surface area contributed by atoms with E-state index in [1.165, 1.54) is 9.78 Å². The average Bonchev–Trinajstić information content (AvgIpc) is 2.88. The highest BCUT2D eigenvalue weighted by Gasteiger charge is 2.51. The first-order valence-corrected chi connectivity index (χ1v) is 9.19. The van der Waals surface area contributed by atoms with Crippen LogP contribution in [-0.4, -0.2) is 44.8 Å². The monoisotopic (exact) mass is 342 g/mol. The Morgan fingerprint density at radius 3 is 2.95 bits per heavy atom. The molecule has 5 nitrogen and oxygen atoms in total. The van der Waals surface area contributed by atoms with Gasteiger partial charge in [0.2, 0.25) is 5.91 Å². The standard InChI is InChI=1S/C13H14N2O3S3/c1-6-2-3-8(21-6)19-4-7-5-20-12-9(14)11(16)15(12)10(7)13(17)18/h2-3,9,12H,4-5,14H2,1H3,(H,17,18)/t9-,12-/m1/s1. The minimum Gasteiger partial charge on any atom is -0.477 e. The van der Waals surface area contributed by atoms with Crippen molar-refractivity contribution in [3.8, 4) is 0 Å². The molecular weight excluding hydrogens is 328 g/mol. The van der Waals surface area contributed by atoms with Gasteiger partial charge in [0, 0.05) is 16.4 Å². The van der Waals surface area contributed by atoms with E-state index < -0.39 is 12.0 Å². The summed E-state index contributed by atoms with van der Waals surface area (Å²) in [6, 6.07) is 3.51. The number of aryl methyl sites for hydroxylation is 1. The molecule has 0 radical (unpaired) electrons. The van der Waals surface area contributed by atoms with Gasteiger partial charge in [0.15, 0.2) is 0 Å². The number of carboxylic acids is 1. The quantitative estimate of drug-likeness (QED) is 0.640. The highest BCUT2D eigenvalue weighted by atomic mass is 32.2. The summed E-state index contributed by atoms with van der Waals surface area (Å²) in [6.07, 6.45) is 0. The Hall–Kier alpha value is -0.960. The van der Waals surface area contributed by atoms with Gasteiger partial charge < -0.3 is 10.8 Å². The van der Waals surface area contributed by atoms with E-state index in [-0.39, 0.29) is 17.0 Å². The number of β-lactam (4-membered cyclic amide) rings is 1. The number of hydrogen-bond acceptors (Lipinski definition) is 6. The second-order valence-corrected chi connectivity index (χ2v) is 8.52. The molecule has 1 fully saturated rings. The van der Waals surface area contributed by atoms with Crippen LogP contribution < -0.4 is 5.73 Å². The number of thioether (sulfide) groups is 2. The van der Waals surface area contributed by atoms with Gasteiger partial charge in [0.1, 0.15) is 17.1 Å². The van der Waals surface area contributed by atoms with Gasteiger partial charge >= 0.3 is 5.97 Å². The lowest BCUT2D eigenvalue weighted by Gasteiger charge is -2.48. The van der Waals surface area contributed by atoms with Crippen LogP contribution in [0.15, 0.2) is 27.6 Å². The van der Waals surface area contributed by atoms with Gasteiger partial charge in [-0.05, 0) is 24.6 Å². The van der Waals surface area contributed by atoms with Crippen molar-refractivity contribution >= 4 is 46.7 Å². The van der Waals surface area contributed by atoms with Crippen molar-refractivity contribution in [2.75, 3.05) is 11.5 Å². The summed E-state index contributed by atoms with van der Waals surface area (Å²) in [5.41, 5.74) is 6.64. The molecule has 2 aliphatic rings. The molecule has 2 atom stereocenters. The molecule has 3 N–H and O–H groups in total. The molecule has 1 amide bonds. The number of carbonyl (C=O) groups is 2. The molecular formula is C13H14N2O3S3. The van der Waals surface area contributed by atoms with Gasteiger partial charge in [-0.3, -0.25) is 9.69 Å². The Kier molecular flexibility index (Phi) is 4.04. The summed E-state index contributed by atoms with van der Waals surface area (Å²) in [5.74, 6) is -0.140. The lowest BCUT2D eigenvalue weighted by atomic mass is 10.0. The summed E-state index contributed by atoms with van der Waals surface area (Å²) in [6.45, 7) is 2.04. The van der Waals surface area contributed by atoms with E-state index in [4.69, 9.17) is 5.73 Å². The number of thiophene rings is 1. The first-order valence-electron chi connectivity index (χ1n) is 6.34. The fourth-order valence-corrected chi connectivity index (χ4v) is 5.88. The molecule has 0 unspecified atom stereocenters. The van der Waals surface area contributed by atoms with Crippen molar-refractivity contribution in [3.05, 3.63) is 28.3 Å². The van der Waals surface area contributed by atoms with Crippen molar-refractivity contribution in [3.63, 3.8) is 0 Å². The largest absolute Gasteiger partial charge is 0.477 e. The van der Waals surface area contributed by atoms with Crippen molar-refractivity contribution < 1.29 is 14.7 Å². The van der Waals surface area contributed by atoms with E-state index in [9.17, 15) is 14.7 Å². The second-order valence-electron chi connectivity index (χ2n) is 4.85. The van der Waals surface area contributed by atoms with Gasteiger partial charge in [-0.1, -0.05) is 0 Å². The third-order valence-electron chi connectivity index (χ3n) is 3.40. The van der Waals surface area contributed by atoms with E-state index >= 15 is 0 Å². The van der Waals surface area contributed by atoms with Crippen LogP contribution in [0.25, 0.3) is 0 Å². The Balaban J connectivity index is 1.81. The van der Waals surface area contributed by atoms with Crippen molar-refractivity contribution in [1.29, 1.82) is 0 Å². The second kappa shape index (κ2) is 5.68. The number of rotatable bonds is 4. The predicted octanol–water partition coefficient (Wildman–Crippen LogP) is 1.73. The molecule has 1 aromatic rings. The summed E-state index contributed by atoms with van der Waals surface area (Å²) in [4.78, 5) is 25.9. The highest BCUT2D eigenvalue weighted by Crippen LogP contribution is 2.41. The minimum absolute atomic E-state index is 0.131. The number of carboxylic acid groups (broad SMARTS) is 1. The van der Waals surface area contributed by atoms with Crippen molar-refractivity contribution in [2.45, 2.75) is 22.5 Å². The van der Waals surface area contributed by atoms with E-state index in [1.807, 2.05) is 19.1 Å². The van der Waals surface area contributed by atoms with Gasteiger partial charge in [-0.25, -0.2) is 4.79 Å². The Bertz CT molecular complexity index is 640. The fourth-order valence-electron chi connectivity index (χ4n) is 2.34. The zero-order valence-corrected chi connectivity index (χ0v) is 13.7. The third kappa shape index (κ3) is 2.61. The van der Waals surface area contributed by atoms with Gasteiger partial charge in [-0.2, -0.15) is 0 Å². The minimum atomic E-state index is -1.04. The summed E-state index contributed by atoms with van der Waals surface area (Å²) < 4.78 is 1.16. The number of amides is 1. The van der Waals surface area contributed by atoms with Crippen LogP contribution in [0, 0.1) is 6.92 Å². The van der Waals surface area contributed by atoms with E-state index in [0.29, 0.717) is 11.5 Å². The molecule has 0 aromatic carbocycles. The maximum atomic E-state index is 11.8. The molecule has 112 valence electrons. The normalized spacial score (nSPS) is 24.9. The first kappa shape index (κ1) is 15.0. The molecule has 0 saturated carbocycles. The Morgan fingerprint density at radius 1 is 1.57 bits per heavy atom. The number of nitrogens with zero attached hydrogens (tertiary/aromatic N) is 1. The van der Waals surface area contributed by atoms with Gasteiger partial charge in [-0.15, -0.1) is 34.9 Å². The fraction of sp³-hybridized carbons (Fsp3) is 0.385. The topological polar surface area (TPSA) is 83.6 Å². The zero-order chi connectivity index (χ0) is 15.1. The van der Waals surface area contributed by atoms with Crippen LogP contribution in [0.5, 0.6) is 0 Å². The van der Waals surface area contributed by atoms with Crippen LogP contribution in [-0.2, 0) is 9.59 Å². The third-order valence-corrected chi connectivity index (χ3v) is 7.07. The number of hydrogen-bond donors (Lipinski definition) is 2. The van der Waals surface area contributed by atoms with Gasteiger partial charge in [0.05, 0.1) is 4.21 Å². The molecule has 3 heterocycles. The average molecular weight is 342 g/mol. The summed E-state index contributed by atoms with van der Waals surface area (Å²) >= 11 is 4.84. The maximum absolute atomic E-state index is 11.8. The molecule has 1 aromatic heterocycles. The van der Waals surface area contributed by atoms with Crippen molar-refractivity contribution in [2.24, 2.45) is 5.73 Å². The Labute approximate surface area is 134 Å². The molecule has 3 rings (SSSR count). The summed E-state index contributed by atoms with van der Waals surface area (Å²) in [5, 5.41) is 9.21. The van der Waals surface area contributed by atoms with Crippen LogP contribution >= 0.6 is 34.9 Å². The summed E-state index contributed by atoms with van der Waals surface area (Å²) in [7, 11) is 0. The van der Waals surface area contributed by atoms with E-state index in [1.54, 1.807) is 34.9 Å². The maximum Gasteiger partial charge on any atom is 0.352 e. The van der Waals surface area contributed by atoms with Gasteiger partial charge in [0.25, 0.3) is 0 Å². The van der Waals surface area contributed by atoms with Crippen LogP contribution in [0.4, 0.5) is 0 Å². The van der Waals surface area contributed by atoms with Crippen LogP contribution in [0.3, 0.4) is 0 Å². The smallest absolute Gasteiger partial charge is 0.352 e. The predicted molar refractivity (Wildman–Crippen MR) is 85.5 cm³/mol. The zero-order valence-electron chi connectivity index (χ0n) is 11.2.